The molecule has 32 heavy (non-hydrogen) atoms. The summed E-state index contributed by atoms with van der Waals surface area (Å²) in [5, 5.41) is 13.7. The zero-order chi connectivity index (χ0) is 22.3. The Morgan fingerprint density at radius 3 is 2.50 bits per heavy atom. The fourth-order valence-electron chi connectivity index (χ4n) is 3.18. The molecule has 3 heterocycles. The molecule has 0 fully saturated rings. The summed E-state index contributed by atoms with van der Waals surface area (Å²) in [4.78, 5) is 25.6. The number of pyridine rings is 1. The van der Waals surface area contributed by atoms with Crippen LogP contribution in [-0.4, -0.2) is 43.7 Å². The highest BCUT2D eigenvalue weighted by Crippen LogP contribution is 2.18. The maximum absolute atomic E-state index is 12.6. The molecule has 4 aromatic rings. The van der Waals surface area contributed by atoms with Crippen molar-refractivity contribution < 1.29 is 4.79 Å². The monoisotopic (exact) mass is 428 g/mol. The van der Waals surface area contributed by atoms with E-state index in [9.17, 15) is 4.79 Å². The molecule has 1 amide bonds. The van der Waals surface area contributed by atoms with Crippen LogP contribution >= 0.6 is 0 Å². The summed E-state index contributed by atoms with van der Waals surface area (Å²) in [7, 11) is 1.76. The van der Waals surface area contributed by atoms with Crippen molar-refractivity contribution in [3.8, 4) is 11.3 Å². The Morgan fingerprint density at radius 1 is 0.938 bits per heavy atom. The largest absolute Gasteiger partial charge is 0.368 e. The van der Waals surface area contributed by atoms with Gasteiger partial charge in [0.05, 0.1) is 5.69 Å². The van der Waals surface area contributed by atoms with E-state index in [1.807, 2.05) is 55.5 Å². The topological polar surface area (TPSA) is 110 Å². The second kappa shape index (κ2) is 9.69. The van der Waals surface area contributed by atoms with Gasteiger partial charge in [0, 0.05) is 38.0 Å². The van der Waals surface area contributed by atoms with E-state index in [1.165, 1.54) is 0 Å². The fourth-order valence-corrected chi connectivity index (χ4v) is 3.18. The van der Waals surface area contributed by atoms with Crippen LogP contribution in [0.4, 0.5) is 17.5 Å². The van der Waals surface area contributed by atoms with Crippen molar-refractivity contribution in [1.82, 2.24) is 30.0 Å². The number of rotatable bonds is 8. The van der Waals surface area contributed by atoms with Crippen molar-refractivity contribution in [1.29, 1.82) is 0 Å². The van der Waals surface area contributed by atoms with E-state index < -0.39 is 0 Å². The van der Waals surface area contributed by atoms with Crippen LogP contribution in [-0.2, 0) is 7.05 Å². The highest BCUT2D eigenvalue weighted by atomic mass is 16.2. The number of hydrogen-bond donors (Lipinski definition) is 3. The van der Waals surface area contributed by atoms with Gasteiger partial charge in [0.15, 0.2) is 0 Å². The summed E-state index contributed by atoms with van der Waals surface area (Å²) in [6, 6.07) is 19.0. The molecule has 0 radical (unpaired) electrons. The van der Waals surface area contributed by atoms with Gasteiger partial charge in [-0.15, -0.1) is 0 Å². The van der Waals surface area contributed by atoms with Gasteiger partial charge in [-0.25, -0.2) is 15.0 Å². The quantitative estimate of drug-likeness (QED) is 0.370. The van der Waals surface area contributed by atoms with Gasteiger partial charge < -0.3 is 16.0 Å². The van der Waals surface area contributed by atoms with Crippen LogP contribution in [0.2, 0.25) is 0 Å². The average Bonchev–Trinajstić information content (AvgIpc) is 3.19. The second-order valence-electron chi connectivity index (χ2n) is 7.11. The molecule has 0 aliphatic carbocycles. The number of aryl methyl sites for hydroxylation is 2. The molecular weight excluding hydrogens is 404 g/mol. The van der Waals surface area contributed by atoms with Gasteiger partial charge in [-0.3, -0.25) is 9.48 Å². The van der Waals surface area contributed by atoms with Gasteiger partial charge in [-0.05, 0) is 25.1 Å². The summed E-state index contributed by atoms with van der Waals surface area (Å²) in [5.74, 6) is 2.46. The van der Waals surface area contributed by atoms with Gasteiger partial charge in [0.2, 0.25) is 0 Å². The molecule has 9 heteroatoms. The van der Waals surface area contributed by atoms with Crippen molar-refractivity contribution >= 4 is 23.4 Å². The van der Waals surface area contributed by atoms with Gasteiger partial charge in [0.25, 0.3) is 5.91 Å². The molecule has 9 nitrogen and oxygen atoms in total. The first-order valence-electron chi connectivity index (χ1n) is 10.2. The van der Waals surface area contributed by atoms with Crippen LogP contribution < -0.4 is 16.0 Å². The van der Waals surface area contributed by atoms with Crippen LogP contribution in [0.1, 0.15) is 16.3 Å². The summed E-state index contributed by atoms with van der Waals surface area (Å²) in [5.41, 5.74) is 2.24. The van der Waals surface area contributed by atoms with E-state index in [-0.39, 0.29) is 5.91 Å². The van der Waals surface area contributed by atoms with Gasteiger partial charge in [-0.1, -0.05) is 36.4 Å². The third-order valence-corrected chi connectivity index (χ3v) is 4.66. The van der Waals surface area contributed by atoms with Gasteiger partial charge in [0.1, 0.15) is 29.0 Å². The standard InChI is InChI=1S/C23H24N8O/c1-16-27-21(15-22(28-16)29-20-10-6-7-11-24-20)25-12-13-26-23(32)19-14-18(30-31(19)2)17-8-4-3-5-9-17/h3-11,14-15H,12-13H2,1-2H3,(H,26,32)(H2,24,25,27,28,29). The molecule has 0 aliphatic rings. The lowest BCUT2D eigenvalue weighted by molar-refractivity contribution is 0.0946. The van der Waals surface area contributed by atoms with E-state index >= 15 is 0 Å². The lowest BCUT2D eigenvalue weighted by Crippen LogP contribution is -2.30. The number of benzene rings is 1. The predicted octanol–water partition coefficient (Wildman–Crippen LogP) is 3.17. The normalized spacial score (nSPS) is 10.6. The first-order valence-corrected chi connectivity index (χ1v) is 10.2. The number of aromatic nitrogens is 5. The Bertz CT molecular complexity index is 1190. The zero-order valence-electron chi connectivity index (χ0n) is 17.9. The first-order chi connectivity index (χ1) is 15.6. The van der Waals surface area contributed by atoms with E-state index in [1.54, 1.807) is 30.1 Å². The molecule has 3 N–H and O–H groups in total. The number of anilines is 3. The maximum atomic E-state index is 12.6. The molecule has 4 rings (SSSR count). The van der Waals surface area contributed by atoms with E-state index in [4.69, 9.17) is 0 Å². The molecule has 0 atom stereocenters. The third-order valence-electron chi connectivity index (χ3n) is 4.66. The fraction of sp³-hybridized carbons (Fsp3) is 0.174. The van der Waals surface area contributed by atoms with Crippen molar-refractivity contribution in [2.24, 2.45) is 7.05 Å². The van der Waals surface area contributed by atoms with Crippen molar-refractivity contribution in [3.05, 3.63) is 78.4 Å². The van der Waals surface area contributed by atoms with Crippen LogP contribution in [0.5, 0.6) is 0 Å². The van der Waals surface area contributed by atoms with Gasteiger partial charge >= 0.3 is 0 Å². The molecule has 0 bridgehead atoms. The molecule has 3 aromatic heterocycles. The van der Waals surface area contributed by atoms with Crippen molar-refractivity contribution in [2.75, 3.05) is 23.7 Å². The number of carbonyl (C=O) groups excluding carboxylic acids is 1. The second-order valence-corrected chi connectivity index (χ2v) is 7.11. The summed E-state index contributed by atoms with van der Waals surface area (Å²) in [6.45, 7) is 2.76. The number of nitrogens with one attached hydrogen (secondary N) is 3. The minimum atomic E-state index is -0.180. The number of carbonyl (C=O) groups is 1. The Balaban J connectivity index is 1.32. The average molecular weight is 429 g/mol. The summed E-state index contributed by atoms with van der Waals surface area (Å²) < 4.78 is 1.59. The molecule has 0 unspecified atom stereocenters. The predicted molar refractivity (Wildman–Crippen MR) is 124 cm³/mol. The lowest BCUT2D eigenvalue weighted by Gasteiger charge is -2.10. The maximum Gasteiger partial charge on any atom is 0.269 e. The Hall–Kier alpha value is -4.27. The molecule has 162 valence electrons. The first kappa shape index (κ1) is 21.0. The van der Waals surface area contributed by atoms with Crippen molar-refractivity contribution in [3.63, 3.8) is 0 Å². The Kier molecular flexibility index (Phi) is 6.35. The molecule has 0 spiro atoms. The van der Waals surface area contributed by atoms with Crippen LogP contribution in [0.25, 0.3) is 11.3 Å². The Labute approximate surface area is 186 Å². The van der Waals surface area contributed by atoms with Crippen LogP contribution in [0, 0.1) is 6.92 Å². The van der Waals surface area contributed by atoms with E-state index in [0.717, 1.165) is 11.3 Å². The third kappa shape index (κ3) is 5.25. The summed E-state index contributed by atoms with van der Waals surface area (Å²) in [6.07, 6.45) is 1.71. The van der Waals surface area contributed by atoms with Crippen LogP contribution in [0.3, 0.4) is 0 Å². The molecule has 1 aromatic carbocycles. The van der Waals surface area contributed by atoms with E-state index in [0.29, 0.717) is 42.1 Å². The summed E-state index contributed by atoms with van der Waals surface area (Å²) >= 11 is 0. The molecule has 0 saturated carbocycles. The minimum Gasteiger partial charge on any atom is -0.368 e. The highest BCUT2D eigenvalue weighted by molar-refractivity contribution is 5.93. The van der Waals surface area contributed by atoms with Crippen LogP contribution in [0.15, 0.2) is 66.9 Å². The molecule has 0 saturated heterocycles. The number of hydrogen-bond acceptors (Lipinski definition) is 7. The van der Waals surface area contributed by atoms with Crippen molar-refractivity contribution in [2.45, 2.75) is 6.92 Å². The molecule has 0 aliphatic heterocycles. The lowest BCUT2D eigenvalue weighted by atomic mass is 10.1. The molecular formula is C23H24N8O. The number of amides is 1. The SMILES string of the molecule is Cc1nc(NCCNC(=O)c2cc(-c3ccccc3)nn2C)cc(Nc2ccccn2)n1. The Morgan fingerprint density at radius 2 is 1.72 bits per heavy atom. The highest BCUT2D eigenvalue weighted by Gasteiger charge is 2.13. The smallest absolute Gasteiger partial charge is 0.269 e. The van der Waals surface area contributed by atoms with Gasteiger partial charge in [-0.2, -0.15) is 5.10 Å². The van der Waals surface area contributed by atoms with E-state index in [2.05, 4.69) is 36.0 Å². The zero-order valence-corrected chi connectivity index (χ0v) is 17.9. The number of nitrogens with zero attached hydrogens (tertiary/aromatic N) is 5. The minimum absolute atomic E-state index is 0.180.